The van der Waals surface area contributed by atoms with Crippen molar-refractivity contribution in [3.63, 3.8) is 0 Å². The van der Waals surface area contributed by atoms with Crippen molar-refractivity contribution >= 4 is 40.6 Å². The predicted octanol–water partition coefficient (Wildman–Crippen LogP) is 2.74. The normalized spacial score (nSPS) is 10.3. The van der Waals surface area contributed by atoms with Crippen molar-refractivity contribution in [3.05, 3.63) is 75.9 Å². The fourth-order valence-electron chi connectivity index (χ4n) is 1.98. The first-order chi connectivity index (χ1) is 12.6. The number of ether oxygens (including phenoxy) is 1. The van der Waals surface area contributed by atoms with Crippen LogP contribution in [0, 0.1) is 3.57 Å². The molecule has 0 aliphatic carbocycles. The van der Waals surface area contributed by atoms with Crippen molar-refractivity contribution < 1.29 is 14.3 Å². The van der Waals surface area contributed by atoms with Gasteiger partial charge in [0, 0.05) is 9.13 Å². The third-order valence-corrected chi connectivity index (χ3v) is 4.14. The second kappa shape index (κ2) is 10.3. The molecule has 0 unspecified atom stereocenters. The number of rotatable bonds is 8. The highest BCUT2D eigenvalue weighted by Crippen LogP contribution is 2.15. The standard InChI is InChI=1S/C19H18IN3O3/c1-2-11-26-17-10-6-3-7-14(17)12-22-23-18(24)13-21-19(25)15-8-4-5-9-16(15)20/h2-10,12H,1,11,13H2,(H,21,25)(H,23,24)/b22-12+. The molecule has 0 saturated carbocycles. The molecule has 6 nitrogen and oxygen atoms in total. The summed E-state index contributed by atoms with van der Waals surface area (Å²) in [6.07, 6.45) is 3.13. The number of carbonyl (C=O) groups excluding carboxylic acids is 2. The number of halogens is 1. The second-order valence-corrected chi connectivity index (χ2v) is 6.26. The van der Waals surface area contributed by atoms with Crippen molar-refractivity contribution in [1.29, 1.82) is 0 Å². The molecule has 0 atom stereocenters. The molecule has 0 aromatic heterocycles. The number of hydrogen-bond donors (Lipinski definition) is 2. The molecule has 0 aliphatic heterocycles. The third-order valence-electron chi connectivity index (χ3n) is 3.20. The van der Waals surface area contributed by atoms with Crippen LogP contribution < -0.4 is 15.5 Å². The van der Waals surface area contributed by atoms with Crippen LogP contribution in [-0.4, -0.2) is 31.2 Å². The zero-order valence-electron chi connectivity index (χ0n) is 13.9. The Morgan fingerprint density at radius 2 is 1.88 bits per heavy atom. The monoisotopic (exact) mass is 463 g/mol. The highest BCUT2D eigenvalue weighted by Gasteiger charge is 2.10. The van der Waals surface area contributed by atoms with Crippen molar-refractivity contribution in [2.45, 2.75) is 0 Å². The zero-order valence-corrected chi connectivity index (χ0v) is 16.1. The molecule has 134 valence electrons. The van der Waals surface area contributed by atoms with Crippen LogP contribution in [0.3, 0.4) is 0 Å². The molecule has 0 heterocycles. The van der Waals surface area contributed by atoms with Gasteiger partial charge in [-0.15, -0.1) is 0 Å². The van der Waals surface area contributed by atoms with Crippen molar-refractivity contribution in [2.75, 3.05) is 13.2 Å². The van der Waals surface area contributed by atoms with Gasteiger partial charge < -0.3 is 10.1 Å². The van der Waals surface area contributed by atoms with E-state index in [9.17, 15) is 9.59 Å². The van der Waals surface area contributed by atoms with Gasteiger partial charge in [0.1, 0.15) is 12.4 Å². The van der Waals surface area contributed by atoms with Crippen LogP contribution in [0.5, 0.6) is 5.75 Å². The summed E-state index contributed by atoms with van der Waals surface area (Å²) in [5.41, 5.74) is 3.62. The molecule has 26 heavy (non-hydrogen) atoms. The lowest BCUT2D eigenvalue weighted by Gasteiger charge is -2.07. The van der Waals surface area contributed by atoms with E-state index in [2.05, 4.69) is 45.0 Å². The molecule has 2 N–H and O–H groups in total. The first kappa shape index (κ1) is 19.6. The molecule has 0 fully saturated rings. The summed E-state index contributed by atoms with van der Waals surface area (Å²) < 4.78 is 6.32. The van der Waals surface area contributed by atoms with Gasteiger partial charge in [-0.2, -0.15) is 5.10 Å². The summed E-state index contributed by atoms with van der Waals surface area (Å²) >= 11 is 2.07. The minimum Gasteiger partial charge on any atom is -0.489 e. The number of hydrogen-bond acceptors (Lipinski definition) is 4. The van der Waals surface area contributed by atoms with Crippen molar-refractivity contribution in [2.24, 2.45) is 5.10 Å². The van der Waals surface area contributed by atoms with Crippen LogP contribution in [0.2, 0.25) is 0 Å². The molecule has 0 aliphatic rings. The molecule has 2 aromatic carbocycles. The molecular formula is C19H18IN3O3. The first-order valence-corrected chi connectivity index (χ1v) is 8.87. The fraction of sp³-hybridized carbons (Fsp3) is 0.105. The maximum absolute atomic E-state index is 12.1. The van der Waals surface area contributed by atoms with E-state index in [0.29, 0.717) is 17.9 Å². The molecule has 0 bridgehead atoms. The Morgan fingerprint density at radius 3 is 2.65 bits per heavy atom. The summed E-state index contributed by atoms with van der Waals surface area (Å²) in [6.45, 7) is 3.81. The second-order valence-electron chi connectivity index (χ2n) is 5.09. The van der Waals surface area contributed by atoms with E-state index >= 15 is 0 Å². The summed E-state index contributed by atoms with van der Waals surface area (Å²) in [7, 11) is 0. The van der Waals surface area contributed by atoms with E-state index in [-0.39, 0.29) is 12.5 Å². The molecule has 2 rings (SSSR count). The maximum atomic E-state index is 12.1. The van der Waals surface area contributed by atoms with Gasteiger partial charge in [0.05, 0.1) is 18.3 Å². The minimum atomic E-state index is -0.426. The average Bonchev–Trinajstić information content (AvgIpc) is 2.65. The van der Waals surface area contributed by atoms with Gasteiger partial charge in [-0.3, -0.25) is 9.59 Å². The van der Waals surface area contributed by atoms with Gasteiger partial charge in [0.25, 0.3) is 11.8 Å². The number of amides is 2. The lowest BCUT2D eigenvalue weighted by atomic mass is 10.2. The predicted molar refractivity (Wildman–Crippen MR) is 109 cm³/mol. The van der Waals surface area contributed by atoms with Gasteiger partial charge in [-0.25, -0.2) is 5.43 Å². The smallest absolute Gasteiger partial charge is 0.259 e. The molecule has 0 radical (unpaired) electrons. The van der Waals surface area contributed by atoms with E-state index in [1.165, 1.54) is 6.21 Å². The van der Waals surface area contributed by atoms with Crippen LogP contribution in [0.4, 0.5) is 0 Å². The number of nitrogens with one attached hydrogen (secondary N) is 2. The number of carbonyl (C=O) groups is 2. The van der Waals surface area contributed by atoms with Gasteiger partial charge >= 0.3 is 0 Å². The van der Waals surface area contributed by atoms with Gasteiger partial charge in [0.2, 0.25) is 0 Å². The number of benzene rings is 2. The van der Waals surface area contributed by atoms with Crippen molar-refractivity contribution in [1.82, 2.24) is 10.7 Å². The van der Waals surface area contributed by atoms with Crippen molar-refractivity contribution in [3.8, 4) is 5.75 Å². The van der Waals surface area contributed by atoms with Crippen LogP contribution in [0.15, 0.2) is 66.3 Å². The van der Waals surface area contributed by atoms with Crippen LogP contribution in [0.25, 0.3) is 0 Å². The van der Waals surface area contributed by atoms with E-state index in [4.69, 9.17) is 4.74 Å². The van der Waals surface area contributed by atoms with Crippen LogP contribution >= 0.6 is 22.6 Å². The Bertz CT molecular complexity index is 821. The fourth-order valence-corrected chi connectivity index (χ4v) is 2.61. The Balaban J connectivity index is 1.85. The molecular weight excluding hydrogens is 445 g/mol. The molecule has 2 aromatic rings. The minimum absolute atomic E-state index is 0.171. The van der Waals surface area contributed by atoms with Crippen LogP contribution in [-0.2, 0) is 4.79 Å². The SMILES string of the molecule is C=CCOc1ccccc1/C=N/NC(=O)CNC(=O)c1ccccc1I. The number of hydrazone groups is 1. The molecule has 0 saturated heterocycles. The number of nitrogens with zero attached hydrogens (tertiary/aromatic N) is 1. The summed E-state index contributed by atoms with van der Waals surface area (Å²) in [5.74, 6) is -0.0975. The summed E-state index contributed by atoms with van der Waals surface area (Å²) in [6, 6.07) is 14.4. The molecule has 7 heteroatoms. The average molecular weight is 463 g/mol. The van der Waals surface area contributed by atoms with Gasteiger partial charge in [-0.1, -0.05) is 36.9 Å². The van der Waals surface area contributed by atoms with Crippen LogP contribution in [0.1, 0.15) is 15.9 Å². The van der Waals surface area contributed by atoms with E-state index in [0.717, 1.165) is 9.13 Å². The molecule has 2 amide bonds. The van der Waals surface area contributed by atoms with Gasteiger partial charge in [0.15, 0.2) is 0 Å². The highest BCUT2D eigenvalue weighted by atomic mass is 127. The number of para-hydroxylation sites is 1. The summed E-state index contributed by atoms with van der Waals surface area (Å²) in [5, 5.41) is 6.46. The van der Waals surface area contributed by atoms with Gasteiger partial charge in [-0.05, 0) is 46.9 Å². The largest absolute Gasteiger partial charge is 0.489 e. The Kier molecular flexibility index (Phi) is 7.81. The van der Waals surface area contributed by atoms with E-state index in [1.54, 1.807) is 24.3 Å². The molecule has 0 spiro atoms. The summed E-state index contributed by atoms with van der Waals surface area (Å²) in [4.78, 5) is 23.9. The zero-order chi connectivity index (χ0) is 18.8. The quantitative estimate of drug-likeness (QED) is 0.274. The Hall–Kier alpha value is -2.68. The topological polar surface area (TPSA) is 79.8 Å². The Labute approximate surface area is 165 Å². The maximum Gasteiger partial charge on any atom is 0.259 e. The van der Waals surface area contributed by atoms with E-state index < -0.39 is 5.91 Å². The Morgan fingerprint density at radius 1 is 1.15 bits per heavy atom. The van der Waals surface area contributed by atoms with E-state index in [1.807, 2.05) is 30.3 Å². The lowest BCUT2D eigenvalue weighted by molar-refractivity contribution is -0.120. The third kappa shape index (κ3) is 5.99. The first-order valence-electron chi connectivity index (χ1n) is 7.79. The highest BCUT2D eigenvalue weighted by molar-refractivity contribution is 14.1. The lowest BCUT2D eigenvalue weighted by Crippen LogP contribution is -2.35.